The summed E-state index contributed by atoms with van der Waals surface area (Å²) in [7, 11) is 0. The Hall–Kier alpha value is -2.55. The molecule has 0 unspecified atom stereocenters. The normalized spacial score (nSPS) is 11.1. The molecule has 3 heteroatoms. The second-order valence-electron chi connectivity index (χ2n) is 8.41. The predicted octanol–water partition coefficient (Wildman–Crippen LogP) is 8.20. The van der Waals surface area contributed by atoms with Gasteiger partial charge < -0.3 is 0 Å². The van der Waals surface area contributed by atoms with Crippen LogP contribution in [0.15, 0.2) is 54.6 Å². The van der Waals surface area contributed by atoms with E-state index in [9.17, 15) is 4.39 Å². The van der Waals surface area contributed by atoms with Crippen molar-refractivity contribution in [2.45, 2.75) is 78.1 Å². The van der Waals surface area contributed by atoms with Crippen LogP contribution < -0.4 is 0 Å². The summed E-state index contributed by atoms with van der Waals surface area (Å²) >= 11 is 0. The van der Waals surface area contributed by atoms with Crippen LogP contribution in [-0.2, 0) is 12.8 Å². The number of halogens is 1. The van der Waals surface area contributed by atoms with Gasteiger partial charge in [-0.2, -0.15) is 10.2 Å². The van der Waals surface area contributed by atoms with Crippen molar-refractivity contribution in [3.8, 4) is 22.4 Å². The number of nitrogens with zero attached hydrogens (tertiary/aromatic N) is 2. The van der Waals surface area contributed by atoms with Crippen LogP contribution in [0.5, 0.6) is 0 Å². The van der Waals surface area contributed by atoms with Crippen LogP contribution in [0, 0.1) is 5.82 Å². The Labute approximate surface area is 186 Å². The summed E-state index contributed by atoms with van der Waals surface area (Å²) in [6, 6.07) is 17.9. The Morgan fingerprint density at radius 1 is 0.613 bits per heavy atom. The van der Waals surface area contributed by atoms with Gasteiger partial charge in [-0.15, -0.1) is 0 Å². The summed E-state index contributed by atoms with van der Waals surface area (Å²) < 4.78 is 14.5. The molecule has 3 aromatic rings. The van der Waals surface area contributed by atoms with Crippen molar-refractivity contribution in [2.75, 3.05) is 0 Å². The number of benzene rings is 2. The second-order valence-corrected chi connectivity index (χ2v) is 8.41. The summed E-state index contributed by atoms with van der Waals surface area (Å²) in [5, 5.41) is 8.80. The molecule has 0 aliphatic rings. The summed E-state index contributed by atoms with van der Waals surface area (Å²) in [5.41, 5.74) is 5.71. The predicted molar refractivity (Wildman–Crippen MR) is 129 cm³/mol. The zero-order chi connectivity index (χ0) is 21.9. The molecule has 3 rings (SSSR count). The molecule has 1 heterocycles. The largest absolute Gasteiger partial charge is 0.207 e. The summed E-state index contributed by atoms with van der Waals surface area (Å²) in [5.74, 6) is -0.0986. The standard InChI is InChI=1S/C28H35FN2/c1-3-5-7-9-11-23-15-18-25(21-27(23)29)22-13-16-24(17-14-22)28-20-19-26(30-31-28)12-10-8-6-4-2/h13-21H,3-12H2,1-2H3. The lowest BCUT2D eigenvalue weighted by atomic mass is 9.99. The lowest BCUT2D eigenvalue weighted by Crippen LogP contribution is -1.95. The Kier molecular flexibility index (Phi) is 9.20. The monoisotopic (exact) mass is 418 g/mol. The van der Waals surface area contributed by atoms with E-state index < -0.39 is 0 Å². The third-order valence-corrected chi connectivity index (χ3v) is 5.87. The molecule has 164 valence electrons. The molecule has 0 bridgehead atoms. The highest BCUT2D eigenvalue weighted by atomic mass is 19.1. The number of aromatic nitrogens is 2. The molecule has 0 aliphatic carbocycles. The highest BCUT2D eigenvalue weighted by Crippen LogP contribution is 2.26. The first-order valence-corrected chi connectivity index (χ1v) is 11.9. The van der Waals surface area contributed by atoms with Gasteiger partial charge in [-0.25, -0.2) is 4.39 Å². The van der Waals surface area contributed by atoms with Crippen molar-refractivity contribution in [1.29, 1.82) is 0 Å². The summed E-state index contributed by atoms with van der Waals surface area (Å²) in [6.07, 6.45) is 11.4. The molecule has 1 aromatic heterocycles. The van der Waals surface area contributed by atoms with E-state index in [0.717, 1.165) is 52.9 Å². The minimum atomic E-state index is -0.0986. The molecule has 0 saturated heterocycles. The Morgan fingerprint density at radius 3 is 1.87 bits per heavy atom. The minimum Gasteiger partial charge on any atom is -0.207 e. The number of hydrogen-bond acceptors (Lipinski definition) is 2. The smallest absolute Gasteiger partial charge is 0.127 e. The maximum absolute atomic E-state index is 14.5. The third kappa shape index (κ3) is 6.99. The fraction of sp³-hybridized carbons (Fsp3) is 0.429. The lowest BCUT2D eigenvalue weighted by molar-refractivity contribution is 0.594. The molecule has 0 radical (unpaired) electrons. The van der Waals surface area contributed by atoms with Gasteiger partial charge in [0.15, 0.2) is 0 Å². The highest BCUT2D eigenvalue weighted by Gasteiger charge is 2.07. The molecular weight excluding hydrogens is 383 g/mol. The fourth-order valence-electron chi connectivity index (χ4n) is 3.89. The van der Waals surface area contributed by atoms with Crippen molar-refractivity contribution < 1.29 is 4.39 Å². The van der Waals surface area contributed by atoms with Gasteiger partial charge in [-0.05, 0) is 60.6 Å². The Bertz CT molecular complexity index is 917. The molecule has 0 atom stereocenters. The summed E-state index contributed by atoms with van der Waals surface area (Å²) in [6.45, 7) is 4.42. The van der Waals surface area contributed by atoms with Gasteiger partial charge in [0.05, 0.1) is 11.4 Å². The van der Waals surface area contributed by atoms with Gasteiger partial charge in [-0.1, -0.05) is 88.8 Å². The van der Waals surface area contributed by atoms with Crippen molar-refractivity contribution >= 4 is 0 Å². The SMILES string of the molecule is CCCCCCc1ccc(-c2ccc(-c3ccc(CCCCCC)c(F)c3)cc2)nn1. The zero-order valence-electron chi connectivity index (χ0n) is 19.0. The van der Waals surface area contributed by atoms with Gasteiger partial charge in [-0.3, -0.25) is 0 Å². The van der Waals surface area contributed by atoms with Gasteiger partial charge >= 0.3 is 0 Å². The van der Waals surface area contributed by atoms with E-state index in [-0.39, 0.29) is 5.82 Å². The van der Waals surface area contributed by atoms with E-state index in [2.05, 4.69) is 30.1 Å². The zero-order valence-corrected chi connectivity index (χ0v) is 19.0. The highest BCUT2D eigenvalue weighted by molar-refractivity contribution is 5.69. The van der Waals surface area contributed by atoms with Crippen LogP contribution in [0.4, 0.5) is 4.39 Å². The molecule has 0 spiro atoms. The molecule has 2 aromatic carbocycles. The maximum Gasteiger partial charge on any atom is 0.127 e. The first kappa shape index (κ1) is 23.1. The first-order chi connectivity index (χ1) is 15.2. The minimum absolute atomic E-state index is 0.0986. The number of hydrogen-bond donors (Lipinski definition) is 0. The van der Waals surface area contributed by atoms with Gasteiger partial charge in [0.2, 0.25) is 0 Å². The molecule has 31 heavy (non-hydrogen) atoms. The van der Waals surface area contributed by atoms with E-state index in [4.69, 9.17) is 0 Å². The Balaban J connectivity index is 1.61. The lowest BCUT2D eigenvalue weighted by Gasteiger charge is -2.08. The molecule has 2 nitrogen and oxygen atoms in total. The van der Waals surface area contributed by atoms with E-state index >= 15 is 0 Å². The van der Waals surface area contributed by atoms with E-state index in [1.807, 2.05) is 42.5 Å². The average molecular weight is 419 g/mol. The molecule has 0 fully saturated rings. The number of unbranched alkanes of at least 4 members (excludes halogenated alkanes) is 6. The summed E-state index contributed by atoms with van der Waals surface area (Å²) in [4.78, 5) is 0. The molecular formula is C28H35FN2. The number of aryl methyl sites for hydroxylation is 2. The average Bonchev–Trinajstić information content (AvgIpc) is 2.81. The van der Waals surface area contributed by atoms with Crippen LogP contribution in [0.25, 0.3) is 22.4 Å². The Morgan fingerprint density at radius 2 is 1.26 bits per heavy atom. The van der Waals surface area contributed by atoms with Gasteiger partial charge in [0, 0.05) is 5.56 Å². The fourth-order valence-corrected chi connectivity index (χ4v) is 3.89. The van der Waals surface area contributed by atoms with Crippen LogP contribution in [0.1, 0.15) is 76.5 Å². The van der Waals surface area contributed by atoms with E-state index in [1.54, 1.807) is 6.07 Å². The van der Waals surface area contributed by atoms with E-state index in [0.29, 0.717) is 0 Å². The van der Waals surface area contributed by atoms with Crippen molar-refractivity contribution in [3.05, 3.63) is 71.7 Å². The molecule has 0 amide bonds. The van der Waals surface area contributed by atoms with Crippen LogP contribution in [0.2, 0.25) is 0 Å². The first-order valence-electron chi connectivity index (χ1n) is 11.9. The van der Waals surface area contributed by atoms with Crippen molar-refractivity contribution in [1.82, 2.24) is 10.2 Å². The van der Waals surface area contributed by atoms with Crippen LogP contribution in [0.3, 0.4) is 0 Å². The second kappa shape index (κ2) is 12.3. The molecule has 0 aliphatic heterocycles. The van der Waals surface area contributed by atoms with Crippen LogP contribution in [-0.4, -0.2) is 10.2 Å². The van der Waals surface area contributed by atoms with Gasteiger partial charge in [0.1, 0.15) is 5.82 Å². The van der Waals surface area contributed by atoms with Crippen molar-refractivity contribution in [3.63, 3.8) is 0 Å². The number of rotatable bonds is 12. The molecule has 0 saturated carbocycles. The maximum atomic E-state index is 14.5. The van der Waals surface area contributed by atoms with E-state index in [1.165, 1.54) is 44.9 Å². The van der Waals surface area contributed by atoms with Gasteiger partial charge in [0.25, 0.3) is 0 Å². The van der Waals surface area contributed by atoms with Crippen molar-refractivity contribution in [2.24, 2.45) is 0 Å². The quantitative estimate of drug-likeness (QED) is 0.277. The topological polar surface area (TPSA) is 25.8 Å². The third-order valence-electron chi connectivity index (χ3n) is 5.87. The van der Waals surface area contributed by atoms with Crippen LogP contribution >= 0.6 is 0 Å². The molecule has 0 N–H and O–H groups in total.